The lowest BCUT2D eigenvalue weighted by molar-refractivity contribution is -0.137. The third-order valence-electron chi connectivity index (χ3n) is 1.47. The van der Waals surface area contributed by atoms with Crippen LogP contribution in [0, 0.1) is 5.92 Å². The van der Waals surface area contributed by atoms with Crippen LogP contribution in [0.2, 0.25) is 0 Å². The molecule has 0 saturated heterocycles. The fourth-order valence-corrected chi connectivity index (χ4v) is 0.896. The van der Waals surface area contributed by atoms with Crippen molar-refractivity contribution in [2.75, 3.05) is 0 Å². The second kappa shape index (κ2) is 5.46. The van der Waals surface area contributed by atoms with Crippen LogP contribution in [-0.4, -0.2) is 23.1 Å². The van der Waals surface area contributed by atoms with Crippen molar-refractivity contribution in [3.05, 3.63) is 0 Å². The molecule has 0 rings (SSSR count). The van der Waals surface area contributed by atoms with E-state index >= 15 is 0 Å². The van der Waals surface area contributed by atoms with E-state index in [1.54, 1.807) is 0 Å². The van der Waals surface area contributed by atoms with E-state index in [4.69, 9.17) is 5.11 Å². The molecular weight excluding hydrogens is 160 g/mol. The van der Waals surface area contributed by atoms with Gasteiger partial charge in [-0.1, -0.05) is 0 Å². The Bertz CT molecular complexity index is 185. The highest BCUT2D eigenvalue weighted by Crippen LogP contribution is 2.08. The molecule has 0 aromatic rings. The van der Waals surface area contributed by atoms with Crippen LogP contribution in [0.25, 0.3) is 0 Å². The van der Waals surface area contributed by atoms with Gasteiger partial charge in [-0.05, 0) is 13.3 Å². The lowest BCUT2D eigenvalue weighted by atomic mass is 9.99. The monoisotopic (exact) mass is 172 g/mol. The van der Waals surface area contributed by atoms with Crippen molar-refractivity contribution in [1.82, 2.24) is 0 Å². The van der Waals surface area contributed by atoms with E-state index < -0.39 is 11.9 Å². The van der Waals surface area contributed by atoms with Crippen LogP contribution in [0.5, 0.6) is 0 Å². The molecule has 1 unspecified atom stereocenters. The van der Waals surface area contributed by atoms with E-state index in [0.29, 0.717) is 6.29 Å². The number of carbonyl (C=O) groups excluding carboxylic acids is 2. The van der Waals surface area contributed by atoms with E-state index in [-0.39, 0.29) is 25.0 Å². The second-order valence-corrected chi connectivity index (χ2v) is 2.73. The van der Waals surface area contributed by atoms with Gasteiger partial charge in [-0.2, -0.15) is 0 Å². The minimum atomic E-state index is -0.939. The molecule has 68 valence electrons. The van der Waals surface area contributed by atoms with Gasteiger partial charge >= 0.3 is 5.97 Å². The van der Waals surface area contributed by atoms with Gasteiger partial charge in [0.05, 0.1) is 0 Å². The minimum Gasteiger partial charge on any atom is -0.481 e. The molecule has 0 saturated carbocycles. The van der Waals surface area contributed by atoms with Gasteiger partial charge in [0.15, 0.2) is 0 Å². The zero-order valence-corrected chi connectivity index (χ0v) is 6.95. The van der Waals surface area contributed by atoms with Crippen LogP contribution in [0.15, 0.2) is 0 Å². The Morgan fingerprint density at radius 1 is 1.50 bits per heavy atom. The number of Topliss-reactive ketones (excluding diaryl/α,β-unsaturated/α-hetero) is 1. The van der Waals surface area contributed by atoms with E-state index in [9.17, 15) is 14.4 Å². The summed E-state index contributed by atoms with van der Waals surface area (Å²) in [6.07, 6.45) is 0.982. The molecule has 0 spiro atoms. The van der Waals surface area contributed by atoms with Gasteiger partial charge in [0.25, 0.3) is 0 Å². The summed E-state index contributed by atoms with van der Waals surface area (Å²) >= 11 is 0. The number of hydrogen-bond donors (Lipinski definition) is 1. The number of hydrogen-bond acceptors (Lipinski definition) is 3. The van der Waals surface area contributed by atoms with Crippen LogP contribution < -0.4 is 0 Å². The smallest absolute Gasteiger partial charge is 0.303 e. The maximum Gasteiger partial charge on any atom is 0.303 e. The number of aliphatic carboxylic acids is 1. The first-order valence-electron chi connectivity index (χ1n) is 3.72. The van der Waals surface area contributed by atoms with Crippen LogP contribution in [-0.2, 0) is 14.4 Å². The molecule has 0 amide bonds. The largest absolute Gasteiger partial charge is 0.481 e. The highest BCUT2D eigenvalue weighted by atomic mass is 16.4. The molecule has 0 aliphatic heterocycles. The average molecular weight is 172 g/mol. The number of carboxylic acid groups (broad SMARTS) is 1. The second-order valence-electron chi connectivity index (χ2n) is 2.73. The first kappa shape index (κ1) is 10.8. The molecule has 1 atom stereocenters. The molecule has 0 aliphatic rings. The van der Waals surface area contributed by atoms with E-state index in [1.165, 1.54) is 6.92 Å². The molecule has 4 nitrogen and oxygen atoms in total. The lowest BCUT2D eigenvalue weighted by Gasteiger charge is -2.04. The fourth-order valence-electron chi connectivity index (χ4n) is 0.896. The quantitative estimate of drug-likeness (QED) is 0.597. The Morgan fingerprint density at radius 3 is 2.42 bits per heavy atom. The molecule has 4 heteroatoms. The van der Waals surface area contributed by atoms with E-state index in [0.717, 1.165) is 0 Å². The van der Waals surface area contributed by atoms with Gasteiger partial charge in [0, 0.05) is 18.8 Å². The zero-order chi connectivity index (χ0) is 9.56. The van der Waals surface area contributed by atoms with Crippen LogP contribution >= 0.6 is 0 Å². The highest BCUT2D eigenvalue weighted by molar-refractivity contribution is 5.79. The van der Waals surface area contributed by atoms with Crippen molar-refractivity contribution in [2.45, 2.75) is 26.2 Å². The number of ketones is 1. The third kappa shape index (κ3) is 5.58. The topological polar surface area (TPSA) is 71.4 Å². The molecule has 0 radical (unpaired) electrons. The van der Waals surface area contributed by atoms with Crippen LogP contribution in [0.1, 0.15) is 26.2 Å². The number of carbonyl (C=O) groups is 3. The molecule has 0 heterocycles. The number of carboxylic acids is 1. The molecular formula is C8H12O4. The summed E-state index contributed by atoms with van der Waals surface area (Å²) in [5, 5.41) is 8.29. The summed E-state index contributed by atoms with van der Waals surface area (Å²) in [6.45, 7) is 1.39. The maximum atomic E-state index is 10.6. The van der Waals surface area contributed by atoms with Crippen LogP contribution in [0.4, 0.5) is 0 Å². The first-order chi connectivity index (χ1) is 5.56. The summed E-state index contributed by atoms with van der Waals surface area (Å²) in [6, 6.07) is 0. The summed E-state index contributed by atoms with van der Waals surface area (Å²) in [5.41, 5.74) is 0. The molecule has 0 fully saturated rings. The Hall–Kier alpha value is -1.19. The van der Waals surface area contributed by atoms with Crippen molar-refractivity contribution < 1.29 is 19.5 Å². The molecule has 0 aromatic heterocycles. The number of aldehydes is 1. The van der Waals surface area contributed by atoms with Gasteiger partial charge in [0.1, 0.15) is 12.1 Å². The van der Waals surface area contributed by atoms with Crippen LogP contribution in [0.3, 0.4) is 0 Å². The minimum absolute atomic E-state index is 0.0588. The van der Waals surface area contributed by atoms with Crippen molar-refractivity contribution in [2.24, 2.45) is 5.92 Å². The summed E-state index contributed by atoms with van der Waals surface area (Å²) in [4.78, 5) is 31.0. The predicted molar refractivity (Wildman–Crippen MR) is 41.7 cm³/mol. The predicted octanol–water partition coefficient (Wildman–Crippen LogP) is 0.645. The molecule has 0 bridgehead atoms. The van der Waals surface area contributed by atoms with Gasteiger partial charge in [-0.25, -0.2) is 0 Å². The fraction of sp³-hybridized carbons (Fsp3) is 0.625. The van der Waals surface area contributed by atoms with Gasteiger partial charge < -0.3 is 14.7 Å². The SMILES string of the molecule is CC(=O)CC(C=O)CCC(=O)O. The van der Waals surface area contributed by atoms with Crippen molar-refractivity contribution in [1.29, 1.82) is 0 Å². The molecule has 1 N–H and O–H groups in total. The maximum absolute atomic E-state index is 10.6. The number of rotatable bonds is 6. The molecule has 0 aliphatic carbocycles. The highest BCUT2D eigenvalue weighted by Gasteiger charge is 2.11. The van der Waals surface area contributed by atoms with E-state index in [1.807, 2.05) is 0 Å². The Kier molecular flexibility index (Phi) is 4.92. The van der Waals surface area contributed by atoms with Crippen molar-refractivity contribution >= 4 is 18.0 Å². The van der Waals surface area contributed by atoms with Crippen molar-refractivity contribution in [3.63, 3.8) is 0 Å². The third-order valence-corrected chi connectivity index (χ3v) is 1.47. The van der Waals surface area contributed by atoms with E-state index in [2.05, 4.69) is 0 Å². The molecule has 0 aromatic carbocycles. The first-order valence-corrected chi connectivity index (χ1v) is 3.72. The zero-order valence-electron chi connectivity index (χ0n) is 6.95. The summed E-state index contributed by atoms with van der Waals surface area (Å²) in [7, 11) is 0. The van der Waals surface area contributed by atoms with Crippen molar-refractivity contribution in [3.8, 4) is 0 Å². The van der Waals surface area contributed by atoms with Gasteiger partial charge in [0.2, 0.25) is 0 Å². The van der Waals surface area contributed by atoms with Gasteiger partial charge in [-0.3, -0.25) is 4.79 Å². The normalized spacial score (nSPS) is 12.1. The Labute approximate surface area is 70.6 Å². The Balaban J connectivity index is 3.75. The Morgan fingerprint density at radius 2 is 2.08 bits per heavy atom. The molecule has 12 heavy (non-hydrogen) atoms. The lowest BCUT2D eigenvalue weighted by Crippen LogP contribution is -2.09. The standard InChI is InChI=1S/C8H12O4/c1-6(10)4-7(5-9)2-3-8(11)12/h5,7H,2-4H2,1H3,(H,11,12). The average Bonchev–Trinajstić information content (AvgIpc) is 1.97. The van der Waals surface area contributed by atoms with Gasteiger partial charge in [-0.15, -0.1) is 0 Å². The summed E-state index contributed by atoms with van der Waals surface area (Å²) in [5.74, 6) is -1.46. The summed E-state index contributed by atoms with van der Waals surface area (Å²) < 4.78 is 0.